The van der Waals surface area contributed by atoms with E-state index in [0.717, 1.165) is 19.5 Å². The molecule has 1 fully saturated rings. The predicted octanol–water partition coefficient (Wildman–Crippen LogP) is 2.80. The van der Waals surface area contributed by atoms with Crippen LogP contribution in [0.25, 0.3) is 0 Å². The number of nitrogens with zero attached hydrogens (tertiary/aromatic N) is 2. The fourth-order valence-electron chi connectivity index (χ4n) is 2.30. The highest BCUT2D eigenvalue weighted by atomic mass is 16.4. The summed E-state index contributed by atoms with van der Waals surface area (Å²) < 4.78 is 0. The van der Waals surface area contributed by atoms with Crippen molar-refractivity contribution in [2.24, 2.45) is 5.92 Å². The van der Waals surface area contributed by atoms with E-state index in [0.29, 0.717) is 18.9 Å². The molecule has 116 valence electrons. The maximum atomic E-state index is 12.6. The molecule has 2 amide bonds. The van der Waals surface area contributed by atoms with Crippen LogP contribution in [0.3, 0.4) is 0 Å². The number of aliphatic carboxylic acids is 1. The van der Waals surface area contributed by atoms with Crippen molar-refractivity contribution in [1.29, 1.82) is 0 Å². The van der Waals surface area contributed by atoms with Gasteiger partial charge in [-0.05, 0) is 45.4 Å². The number of urea groups is 1. The standard InChI is InChI=1S/C15H28N2O3/c1-4-9-16(11-13-7-8-13)15(20)17(12(2)3)10-5-6-14(18)19/h12-13H,4-11H2,1-3H3,(H,18,19). The van der Waals surface area contributed by atoms with Gasteiger partial charge in [0.05, 0.1) is 0 Å². The van der Waals surface area contributed by atoms with Crippen LogP contribution >= 0.6 is 0 Å². The molecule has 5 nitrogen and oxygen atoms in total. The molecule has 0 saturated heterocycles. The van der Waals surface area contributed by atoms with Crippen LogP contribution in [0.4, 0.5) is 4.79 Å². The summed E-state index contributed by atoms with van der Waals surface area (Å²) in [5.41, 5.74) is 0. The molecule has 0 unspecified atom stereocenters. The summed E-state index contributed by atoms with van der Waals surface area (Å²) in [6.45, 7) is 8.22. The lowest BCUT2D eigenvalue weighted by atomic mass is 10.2. The van der Waals surface area contributed by atoms with Gasteiger partial charge < -0.3 is 14.9 Å². The van der Waals surface area contributed by atoms with Crippen molar-refractivity contribution in [3.05, 3.63) is 0 Å². The minimum atomic E-state index is -0.801. The SMILES string of the molecule is CCCN(CC1CC1)C(=O)N(CCCC(=O)O)C(C)C. The zero-order chi connectivity index (χ0) is 15.1. The zero-order valence-corrected chi connectivity index (χ0v) is 13.0. The molecule has 1 aliphatic rings. The highest BCUT2D eigenvalue weighted by Crippen LogP contribution is 2.30. The second-order valence-electron chi connectivity index (χ2n) is 5.96. The van der Waals surface area contributed by atoms with Crippen molar-refractivity contribution in [3.63, 3.8) is 0 Å². The van der Waals surface area contributed by atoms with E-state index in [2.05, 4.69) is 6.92 Å². The second-order valence-corrected chi connectivity index (χ2v) is 5.96. The Morgan fingerprint density at radius 1 is 1.25 bits per heavy atom. The quantitative estimate of drug-likeness (QED) is 0.708. The first-order valence-corrected chi connectivity index (χ1v) is 7.73. The van der Waals surface area contributed by atoms with Gasteiger partial charge in [-0.2, -0.15) is 0 Å². The molecule has 1 rings (SSSR count). The first kappa shape index (κ1) is 16.8. The second kappa shape index (κ2) is 8.12. The third-order valence-corrected chi connectivity index (χ3v) is 3.60. The van der Waals surface area contributed by atoms with Crippen LogP contribution in [0.2, 0.25) is 0 Å². The van der Waals surface area contributed by atoms with Crippen molar-refractivity contribution in [2.75, 3.05) is 19.6 Å². The smallest absolute Gasteiger partial charge is 0.320 e. The summed E-state index contributed by atoms with van der Waals surface area (Å²) >= 11 is 0. The molecule has 0 spiro atoms. The molecule has 1 saturated carbocycles. The topological polar surface area (TPSA) is 60.9 Å². The van der Waals surface area contributed by atoms with Crippen LogP contribution in [-0.4, -0.2) is 52.6 Å². The zero-order valence-electron chi connectivity index (χ0n) is 13.0. The van der Waals surface area contributed by atoms with Crippen LogP contribution in [0.1, 0.15) is 52.9 Å². The van der Waals surface area contributed by atoms with Crippen molar-refractivity contribution >= 4 is 12.0 Å². The molecular weight excluding hydrogens is 256 g/mol. The van der Waals surface area contributed by atoms with E-state index in [-0.39, 0.29) is 18.5 Å². The van der Waals surface area contributed by atoms with E-state index in [4.69, 9.17) is 5.11 Å². The number of rotatable bonds is 9. The Morgan fingerprint density at radius 2 is 1.90 bits per heavy atom. The van der Waals surface area contributed by atoms with Gasteiger partial charge in [0, 0.05) is 32.1 Å². The molecule has 0 aliphatic heterocycles. The third kappa shape index (κ3) is 5.80. The van der Waals surface area contributed by atoms with Crippen molar-refractivity contribution < 1.29 is 14.7 Å². The Balaban J connectivity index is 2.56. The summed E-state index contributed by atoms with van der Waals surface area (Å²) in [6.07, 6.45) is 4.05. The number of carbonyl (C=O) groups excluding carboxylic acids is 1. The van der Waals surface area contributed by atoms with Crippen LogP contribution in [-0.2, 0) is 4.79 Å². The van der Waals surface area contributed by atoms with Gasteiger partial charge in [0.2, 0.25) is 0 Å². The molecule has 0 aromatic heterocycles. The lowest BCUT2D eigenvalue weighted by Gasteiger charge is -2.33. The molecule has 1 aliphatic carbocycles. The predicted molar refractivity (Wildman–Crippen MR) is 78.7 cm³/mol. The minimum absolute atomic E-state index is 0.0686. The first-order chi connectivity index (χ1) is 9.45. The van der Waals surface area contributed by atoms with E-state index in [1.54, 1.807) is 4.90 Å². The van der Waals surface area contributed by atoms with Gasteiger partial charge in [-0.1, -0.05) is 6.92 Å². The summed E-state index contributed by atoms with van der Waals surface area (Å²) in [4.78, 5) is 27.0. The summed E-state index contributed by atoms with van der Waals surface area (Å²) in [7, 11) is 0. The third-order valence-electron chi connectivity index (χ3n) is 3.60. The number of amides is 2. The molecule has 0 bridgehead atoms. The number of carbonyl (C=O) groups is 2. The molecule has 1 N–H and O–H groups in total. The van der Waals surface area contributed by atoms with Crippen molar-refractivity contribution in [3.8, 4) is 0 Å². The van der Waals surface area contributed by atoms with E-state index < -0.39 is 5.97 Å². The Kier molecular flexibility index (Phi) is 6.82. The average molecular weight is 284 g/mol. The van der Waals surface area contributed by atoms with Crippen molar-refractivity contribution in [2.45, 2.75) is 58.9 Å². The number of carboxylic acid groups (broad SMARTS) is 1. The molecule has 0 heterocycles. The van der Waals surface area contributed by atoms with Crippen LogP contribution < -0.4 is 0 Å². The fraction of sp³-hybridized carbons (Fsp3) is 0.867. The maximum absolute atomic E-state index is 12.6. The normalized spacial score (nSPS) is 14.4. The highest BCUT2D eigenvalue weighted by Gasteiger charge is 2.29. The van der Waals surface area contributed by atoms with Gasteiger partial charge >= 0.3 is 12.0 Å². The number of hydrogen-bond acceptors (Lipinski definition) is 2. The van der Waals surface area contributed by atoms with Gasteiger partial charge in [0.25, 0.3) is 0 Å². The Hall–Kier alpha value is -1.26. The van der Waals surface area contributed by atoms with E-state index >= 15 is 0 Å². The largest absolute Gasteiger partial charge is 0.481 e. The van der Waals surface area contributed by atoms with Crippen molar-refractivity contribution in [1.82, 2.24) is 9.80 Å². The summed E-state index contributed by atoms with van der Waals surface area (Å²) in [5.74, 6) is -0.122. The average Bonchev–Trinajstić information content (AvgIpc) is 3.16. The molecule has 0 aromatic rings. The van der Waals surface area contributed by atoms with Gasteiger partial charge in [0.1, 0.15) is 0 Å². The Bertz CT molecular complexity index is 327. The lowest BCUT2D eigenvalue weighted by molar-refractivity contribution is -0.137. The molecule has 0 radical (unpaired) electrons. The van der Waals surface area contributed by atoms with Crippen LogP contribution in [0.15, 0.2) is 0 Å². The number of hydrogen-bond donors (Lipinski definition) is 1. The van der Waals surface area contributed by atoms with E-state index in [9.17, 15) is 9.59 Å². The van der Waals surface area contributed by atoms with Crippen LogP contribution in [0.5, 0.6) is 0 Å². The molecule has 20 heavy (non-hydrogen) atoms. The molecule has 0 aromatic carbocycles. The van der Waals surface area contributed by atoms with Gasteiger partial charge in [-0.25, -0.2) is 4.79 Å². The van der Waals surface area contributed by atoms with Gasteiger partial charge in [-0.3, -0.25) is 4.79 Å². The Morgan fingerprint density at radius 3 is 2.35 bits per heavy atom. The monoisotopic (exact) mass is 284 g/mol. The molecule has 5 heteroatoms. The van der Waals surface area contributed by atoms with E-state index in [1.807, 2.05) is 18.7 Å². The Labute approximate surface area is 121 Å². The summed E-state index contributed by atoms with van der Waals surface area (Å²) in [6, 6.07) is 0.175. The van der Waals surface area contributed by atoms with Crippen LogP contribution in [0, 0.1) is 5.92 Å². The molecular formula is C15H28N2O3. The molecule has 0 atom stereocenters. The van der Waals surface area contributed by atoms with Gasteiger partial charge in [0.15, 0.2) is 0 Å². The number of carboxylic acids is 1. The fourth-order valence-corrected chi connectivity index (χ4v) is 2.30. The lowest BCUT2D eigenvalue weighted by Crippen LogP contribution is -2.47. The van der Waals surface area contributed by atoms with E-state index in [1.165, 1.54) is 12.8 Å². The maximum Gasteiger partial charge on any atom is 0.320 e. The first-order valence-electron chi connectivity index (χ1n) is 7.73. The highest BCUT2D eigenvalue weighted by molar-refractivity contribution is 5.75. The minimum Gasteiger partial charge on any atom is -0.481 e. The summed E-state index contributed by atoms with van der Waals surface area (Å²) in [5, 5.41) is 8.71. The van der Waals surface area contributed by atoms with Gasteiger partial charge in [-0.15, -0.1) is 0 Å².